The Balaban J connectivity index is 1.47. The highest BCUT2D eigenvalue weighted by molar-refractivity contribution is 7.70. The number of benzene rings is 2. The molecule has 1 aromatic heterocycles. The van der Waals surface area contributed by atoms with E-state index < -0.39 is 7.14 Å². The van der Waals surface area contributed by atoms with Gasteiger partial charge in [-0.15, -0.1) is 0 Å². The number of hydrogen-bond acceptors (Lipinski definition) is 6. The number of aryl methyl sites for hydroxylation is 1. The van der Waals surface area contributed by atoms with E-state index in [4.69, 9.17) is 11.6 Å². The molecule has 0 bridgehead atoms. The molecule has 33 heavy (non-hydrogen) atoms. The van der Waals surface area contributed by atoms with Crippen molar-refractivity contribution in [3.63, 3.8) is 0 Å². The summed E-state index contributed by atoms with van der Waals surface area (Å²) in [6, 6.07) is 16.5. The Morgan fingerprint density at radius 2 is 1.97 bits per heavy atom. The number of piperidine rings is 1. The second-order valence-corrected chi connectivity index (χ2v) is 12.5. The maximum Gasteiger partial charge on any atom is 0.229 e. The van der Waals surface area contributed by atoms with Crippen molar-refractivity contribution < 1.29 is 4.57 Å². The summed E-state index contributed by atoms with van der Waals surface area (Å²) in [5.74, 6) is 0.913. The van der Waals surface area contributed by atoms with E-state index in [-0.39, 0.29) is 0 Å². The zero-order chi connectivity index (χ0) is 23.3. The number of aromatic nitrogens is 2. The molecular weight excluding hydrogens is 453 g/mol. The molecule has 2 aromatic carbocycles. The summed E-state index contributed by atoms with van der Waals surface area (Å²) >= 11 is 6.37. The summed E-state index contributed by atoms with van der Waals surface area (Å²) in [6.45, 7) is 4.63. The fraction of sp³-hybridized carbons (Fsp3) is 0.360. The van der Waals surface area contributed by atoms with Crippen LogP contribution in [0.2, 0.25) is 5.02 Å². The monoisotopic (exact) mass is 483 g/mol. The van der Waals surface area contributed by atoms with Gasteiger partial charge in [-0.2, -0.15) is 4.98 Å². The van der Waals surface area contributed by atoms with E-state index >= 15 is 0 Å². The molecule has 1 fully saturated rings. The van der Waals surface area contributed by atoms with E-state index in [1.807, 2.05) is 30.3 Å². The highest BCUT2D eigenvalue weighted by atomic mass is 35.5. The van der Waals surface area contributed by atoms with Gasteiger partial charge in [0.25, 0.3) is 0 Å². The van der Waals surface area contributed by atoms with Gasteiger partial charge in [0.2, 0.25) is 5.95 Å². The van der Waals surface area contributed by atoms with Crippen molar-refractivity contribution in [1.29, 1.82) is 0 Å². The molecule has 0 amide bonds. The lowest BCUT2D eigenvalue weighted by molar-refractivity contribution is 0.383. The topological polar surface area (TPSA) is 78.9 Å². The van der Waals surface area contributed by atoms with Crippen LogP contribution in [0.25, 0.3) is 0 Å². The van der Waals surface area contributed by atoms with Crippen LogP contribution in [0.5, 0.6) is 0 Å². The third-order valence-electron chi connectivity index (χ3n) is 5.86. The second kappa shape index (κ2) is 10.7. The van der Waals surface area contributed by atoms with Crippen LogP contribution in [0.15, 0.2) is 54.7 Å². The van der Waals surface area contributed by atoms with Crippen molar-refractivity contribution >= 4 is 47.2 Å². The Labute approximate surface area is 201 Å². The summed E-state index contributed by atoms with van der Waals surface area (Å²) < 4.78 is 12.7. The first kappa shape index (κ1) is 23.7. The predicted molar refractivity (Wildman–Crippen MR) is 140 cm³/mol. The molecule has 6 nitrogen and oxygen atoms in total. The van der Waals surface area contributed by atoms with Gasteiger partial charge in [0.15, 0.2) is 5.82 Å². The Bertz CT molecular complexity index is 1140. The Kier molecular flexibility index (Phi) is 7.69. The fourth-order valence-corrected chi connectivity index (χ4v) is 5.43. The number of halogens is 1. The Morgan fingerprint density at radius 1 is 1.12 bits per heavy atom. The summed E-state index contributed by atoms with van der Waals surface area (Å²) in [5, 5.41) is 11.3. The molecule has 1 saturated heterocycles. The molecule has 3 aromatic rings. The van der Waals surface area contributed by atoms with Gasteiger partial charge >= 0.3 is 0 Å². The maximum absolute atomic E-state index is 12.7. The lowest BCUT2D eigenvalue weighted by Crippen LogP contribution is -2.34. The van der Waals surface area contributed by atoms with E-state index in [0.29, 0.717) is 22.8 Å². The van der Waals surface area contributed by atoms with E-state index in [1.54, 1.807) is 19.5 Å². The van der Waals surface area contributed by atoms with Crippen molar-refractivity contribution in [2.75, 3.05) is 30.5 Å². The summed E-state index contributed by atoms with van der Waals surface area (Å²) in [4.78, 5) is 8.91. The van der Waals surface area contributed by atoms with Crippen molar-refractivity contribution in [2.45, 2.75) is 38.1 Å². The first-order chi connectivity index (χ1) is 15.9. The van der Waals surface area contributed by atoms with Crippen LogP contribution in [0, 0.1) is 0 Å². The minimum Gasteiger partial charge on any atom is -0.338 e. The first-order valence-corrected chi connectivity index (χ1v) is 14.4. The number of nitrogens with zero attached hydrogens (tertiary/aromatic N) is 2. The predicted octanol–water partition coefficient (Wildman–Crippen LogP) is 5.94. The van der Waals surface area contributed by atoms with Crippen LogP contribution in [-0.4, -0.2) is 35.9 Å². The molecular formula is C25H31ClN5OP. The van der Waals surface area contributed by atoms with Gasteiger partial charge < -0.3 is 20.5 Å². The van der Waals surface area contributed by atoms with Crippen LogP contribution in [0.3, 0.4) is 0 Å². The molecule has 4 rings (SSSR count). The largest absolute Gasteiger partial charge is 0.338 e. The van der Waals surface area contributed by atoms with Crippen molar-refractivity contribution in [3.05, 3.63) is 65.3 Å². The van der Waals surface area contributed by atoms with Crippen molar-refractivity contribution in [3.8, 4) is 0 Å². The van der Waals surface area contributed by atoms with E-state index in [2.05, 4.69) is 44.1 Å². The highest BCUT2D eigenvalue weighted by Gasteiger charge is 2.17. The summed E-state index contributed by atoms with van der Waals surface area (Å²) in [6.07, 6.45) is 7.62. The lowest BCUT2D eigenvalue weighted by atomic mass is 9.98. The molecule has 1 aliphatic rings. The number of nitrogens with one attached hydrogen (secondary N) is 3. The molecule has 0 spiro atoms. The molecule has 1 aliphatic heterocycles. The lowest BCUT2D eigenvalue weighted by Gasteiger charge is -2.23. The highest BCUT2D eigenvalue weighted by Crippen LogP contribution is 2.38. The van der Waals surface area contributed by atoms with E-state index in [0.717, 1.165) is 36.1 Å². The van der Waals surface area contributed by atoms with E-state index in [9.17, 15) is 4.57 Å². The van der Waals surface area contributed by atoms with Crippen LogP contribution in [0.4, 0.5) is 23.1 Å². The zero-order valence-electron chi connectivity index (χ0n) is 19.1. The first-order valence-electron chi connectivity index (χ1n) is 11.4. The SMILES string of the molecule is CP(C)(=O)c1ccccc1Nc1nc(Nc2cccc(CCC3CCCCN3)c2)ncc1Cl. The minimum atomic E-state index is -2.47. The normalized spacial score (nSPS) is 16.4. The van der Waals surface area contributed by atoms with Gasteiger partial charge in [0.05, 0.1) is 11.9 Å². The third-order valence-corrected chi connectivity index (χ3v) is 7.69. The molecule has 8 heteroatoms. The fourth-order valence-electron chi connectivity index (χ4n) is 4.14. The third kappa shape index (κ3) is 6.57. The van der Waals surface area contributed by atoms with E-state index in [1.165, 1.54) is 24.8 Å². The molecule has 0 saturated carbocycles. The van der Waals surface area contributed by atoms with Gasteiger partial charge in [-0.1, -0.05) is 42.3 Å². The van der Waals surface area contributed by atoms with Gasteiger partial charge in [0, 0.05) is 17.0 Å². The smallest absolute Gasteiger partial charge is 0.229 e. The standard InChI is InChI=1S/C25H31ClN5OP/c1-33(2,32)23-12-4-3-11-22(23)30-24-21(26)17-28-25(31-24)29-20-10-7-8-18(16-20)13-14-19-9-5-6-15-27-19/h3-4,7-8,10-12,16-17,19,27H,5-6,9,13-15H2,1-2H3,(H2,28,29,30,31). The molecule has 174 valence electrons. The zero-order valence-corrected chi connectivity index (χ0v) is 20.8. The maximum atomic E-state index is 12.7. The second-order valence-electron chi connectivity index (χ2n) is 8.89. The van der Waals surface area contributed by atoms with Crippen LogP contribution in [0.1, 0.15) is 31.2 Å². The molecule has 0 aliphatic carbocycles. The number of rotatable bonds is 8. The molecule has 1 atom stereocenters. The minimum absolute atomic E-state index is 0.395. The Hall–Kier alpha value is -2.40. The van der Waals surface area contributed by atoms with Crippen LogP contribution in [-0.2, 0) is 11.0 Å². The molecule has 0 radical (unpaired) electrons. The van der Waals surface area contributed by atoms with Gasteiger partial charge in [0.1, 0.15) is 12.2 Å². The van der Waals surface area contributed by atoms with Crippen molar-refractivity contribution in [2.24, 2.45) is 0 Å². The Morgan fingerprint density at radius 3 is 2.76 bits per heavy atom. The van der Waals surface area contributed by atoms with Crippen molar-refractivity contribution in [1.82, 2.24) is 15.3 Å². The summed E-state index contributed by atoms with van der Waals surface area (Å²) in [5.41, 5.74) is 2.95. The van der Waals surface area contributed by atoms with Crippen LogP contribution >= 0.6 is 18.7 Å². The number of para-hydroxylation sites is 1. The van der Waals surface area contributed by atoms with Gasteiger partial charge in [-0.3, -0.25) is 0 Å². The van der Waals surface area contributed by atoms with Gasteiger partial charge in [-0.05, 0) is 75.4 Å². The average Bonchev–Trinajstić information content (AvgIpc) is 2.80. The van der Waals surface area contributed by atoms with Crippen LogP contribution < -0.4 is 21.3 Å². The molecule has 3 N–H and O–H groups in total. The number of anilines is 4. The van der Waals surface area contributed by atoms with Gasteiger partial charge in [-0.25, -0.2) is 4.98 Å². The quantitative estimate of drug-likeness (QED) is 0.344. The molecule has 2 heterocycles. The average molecular weight is 484 g/mol. The summed E-state index contributed by atoms with van der Waals surface area (Å²) in [7, 11) is -2.47. The molecule has 1 unspecified atom stereocenters. The number of hydrogen-bond donors (Lipinski definition) is 3.